The van der Waals surface area contributed by atoms with Crippen molar-refractivity contribution in [3.63, 3.8) is 0 Å². The lowest BCUT2D eigenvalue weighted by Gasteiger charge is -2.19. The van der Waals surface area contributed by atoms with Gasteiger partial charge in [-0.15, -0.1) is 0 Å². The molecule has 7 heteroatoms. The van der Waals surface area contributed by atoms with Gasteiger partial charge in [0, 0.05) is 18.1 Å². The monoisotopic (exact) mass is 322 g/mol. The van der Waals surface area contributed by atoms with Gasteiger partial charge in [0.1, 0.15) is 6.04 Å². The zero-order chi connectivity index (χ0) is 16.0. The summed E-state index contributed by atoms with van der Waals surface area (Å²) in [6.45, 7) is 0. The third-order valence-electron chi connectivity index (χ3n) is 4.38. The van der Waals surface area contributed by atoms with E-state index < -0.39 is 29.9 Å². The Morgan fingerprint density at radius 3 is 2.36 bits per heavy atom. The Morgan fingerprint density at radius 2 is 1.77 bits per heavy atom. The first-order chi connectivity index (χ1) is 10.5. The minimum Gasteiger partial charge on any atom is -0.468 e. The first-order valence-electron chi connectivity index (χ1n) is 6.86. The maximum Gasteiger partial charge on any atom is 0.323 e. The van der Waals surface area contributed by atoms with Crippen LogP contribution in [-0.4, -0.2) is 42.9 Å². The van der Waals surface area contributed by atoms with E-state index in [0.29, 0.717) is 5.02 Å². The first kappa shape index (κ1) is 15.0. The van der Waals surface area contributed by atoms with Crippen molar-refractivity contribution in [2.45, 2.75) is 12.1 Å². The zero-order valence-electron chi connectivity index (χ0n) is 12.1. The smallest absolute Gasteiger partial charge is 0.323 e. The van der Waals surface area contributed by atoms with Gasteiger partial charge in [0.25, 0.3) is 0 Å². The van der Waals surface area contributed by atoms with Gasteiger partial charge in [-0.05, 0) is 17.7 Å². The predicted molar refractivity (Wildman–Crippen MR) is 77.9 cm³/mol. The maximum atomic E-state index is 12.4. The number of halogens is 1. The predicted octanol–water partition coefficient (Wildman–Crippen LogP) is 0.757. The second-order valence-corrected chi connectivity index (χ2v) is 5.92. The highest BCUT2D eigenvalue weighted by atomic mass is 35.5. The molecule has 6 nitrogen and oxygen atoms in total. The summed E-state index contributed by atoms with van der Waals surface area (Å²) in [6, 6.07) is 5.75. The summed E-state index contributed by atoms with van der Waals surface area (Å²) < 4.78 is 4.76. The Bertz CT molecular complexity index is 645. The lowest BCUT2D eigenvalue weighted by molar-refractivity contribution is -0.147. The van der Waals surface area contributed by atoms with E-state index in [-0.39, 0.29) is 11.8 Å². The maximum absolute atomic E-state index is 12.4. The molecule has 3 rings (SSSR count). The number of carbonyl (C=O) groups is 3. The molecule has 2 saturated heterocycles. The quantitative estimate of drug-likeness (QED) is 0.642. The van der Waals surface area contributed by atoms with Crippen LogP contribution in [0.2, 0.25) is 5.02 Å². The number of imide groups is 1. The van der Waals surface area contributed by atoms with Crippen molar-refractivity contribution in [2.75, 3.05) is 14.2 Å². The van der Waals surface area contributed by atoms with Crippen molar-refractivity contribution in [2.24, 2.45) is 11.8 Å². The number of benzene rings is 1. The molecule has 4 atom stereocenters. The van der Waals surface area contributed by atoms with Gasteiger partial charge in [0.2, 0.25) is 11.8 Å². The molecule has 1 N–H and O–H groups in total. The van der Waals surface area contributed by atoms with Crippen molar-refractivity contribution in [1.82, 2.24) is 10.2 Å². The standard InChI is InChI=1S/C15H15ClN2O4/c1-18-13(19)9-10(14(18)20)12(15(21)22-2)17-11(9)7-3-5-8(16)6-4-7/h3-6,9-12,17H,1-2H3/t9-,10+,11-,12-/m1/s1. The molecular formula is C15H15ClN2O4. The van der Waals surface area contributed by atoms with Crippen LogP contribution in [0.1, 0.15) is 11.6 Å². The van der Waals surface area contributed by atoms with E-state index in [9.17, 15) is 14.4 Å². The van der Waals surface area contributed by atoms with Gasteiger partial charge >= 0.3 is 5.97 Å². The molecular weight excluding hydrogens is 308 g/mol. The molecule has 0 bridgehead atoms. The molecule has 116 valence electrons. The number of carbonyl (C=O) groups excluding carboxylic acids is 3. The Kier molecular flexibility index (Phi) is 3.66. The van der Waals surface area contributed by atoms with Crippen molar-refractivity contribution in [3.8, 4) is 0 Å². The van der Waals surface area contributed by atoms with Crippen LogP contribution in [0.3, 0.4) is 0 Å². The SMILES string of the molecule is COC(=O)[C@@H]1N[C@H](c2ccc(Cl)cc2)[C@@H]2C(=O)N(C)C(=O)[C@@H]21. The summed E-state index contributed by atoms with van der Waals surface area (Å²) in [5.74, 6) is -2.51. The first-order valence-corrected chi connectivity index (χ1v) is 7.24. The molecule has 0 aliphatic carbocycles. The molecule has 0 spiro atoms. The summed E-state index contributed by atoms with van der Waals surface area (Å²) in [5.41, 5.74) is 0.808. The number of hydrogen-bond donors (Lipinski definition) is 1. The van der Waals surface area contributed by atoms with E-state index in [1.165, 1.54) is 14.2 Å². The van der Waals surface area contributed by atoms with Gasteiger partial charge in [-0.1, -0.05) is 23.7 Å². The van der Waals surface area contributed by atoms with Gasteiger partial charge in [0.15, 0.2) is 0 Å². The van der Waals surface area contributed by atoms with Crippen LogP contribution >= 0.6 is 11.6 Å². The number of esters is 1. The minimum atomic E-state index is -0.822. The van der Waals surface area contributed by atoms with E-state index in [1.54, 1.807) is 24.3 Å². The number of fused-ring (bicyclic) bond motifs is 1. The molecule has 0 aromatic heterocycles. The number of nitrogens with zero attached hydrogens (tertiary/aromatic N) is 1. The molecule has 0 radical (unpaired) electrons. The topological polar surface area (TPSA) is 75.7 Å². The van der Waals surface area contributed by atoms with Crippen molar-refractivity contribution < 1.29 is 19.1 Å². The zero-order valence-corrected chi connectivity index (χ0v) is 12.8. The van der Waals surface area contributed by atoms with Crippen LogP contribution in [0.4, 0.5) is 0 Å². The molecule has 0 saturated carbocycles. The molecule has 0 unspecified atom stereocenters. The minimum absolute atomic E-state index is 0.283. The van der Waals surface area contributed by atoms with Gasteiger partial charge in [-0.2, -0.15) is 0 Å². The average molecular weight is 323 g/mol. The van der Waals surface area contributed by atoms with Crippen LogP contribution < -0.4 is 5.32 Å². The molecule has 2 heterocycles. The van der Waals surface area contributed by atoms with Gasteiger partial charge in [-0.25, -0.2) is 0 Å². The third kappa shape index (κ3) is 2.10. The lowest BCUT2D eigenvalue weighted by Crippen LogP contribution is -2.42. The summed E-state index contributed by atoms with van der Waals surface area (Å²) in [4.78, 5) is 37.7. The average Bonchev–Trinajstić information content (AvgIpc) is 3.01. The Morgan fingerprint density at radius 1 is 1.18 bits per heavy atom. The fraction of sp³-hybridized carbons (Fsp3) is 0.400. The van der Waals surface area contributed by atoms with E-state index in [1.807, 2.05) is 0 Å². The van der Waals surface area contributed by atoms with Gasteiger partial charge in [0.05, 0.1) is 18.9 Å². The van der Waals surface area contributed by atoms with E-state index in [2.05, 4.69) is 5.32 Å². The van der Waals surface area contributed by atoms with Crippen molar-refractivity contribution >= 4 is 29.4 Å². The van der Waals surface area contributed by atoms with E-state index in [4.69, 9.17) is 16.3 Å². The number of likely N-dealkylation sites (tertiary alicyclic amines) is 1. The number of hydrogen-bond acceptors (Lipinski definition) is 5. The highest BCUT2D eigenvalue weighted by Gasteiger charge is 2.60. The number of nitrogens with one attached hydrogen (secondary N) is 1. The highest BCUT2D eigenvalue weighted by Crippen LogP contribution is 2.43. The van der Waals surface area contributed by atoms with Crippen LogP contribution in [0.5, 0.6) is 0 Å². The second-order valence-electron chi connectivity index (χ2n) is 5.48. The Balaban J connectivity index is 2.01. The van der Waals surface area contributed by atoms with Gasteiger partial charge < -0.3 is 4.74 Å². The van der Waals surface area contributed by atoms with E-state index in [0.717, 1.165) is 10.5 Å². The van der Waals surface area contributed by atoms with Crippen molar-refractivity contribution in [1.29, 1.82) is 0 Å². The molecule has 2 fully saturated rings. The number of methoxy groups -OCH3 is 1. The van der Waals surface area contributed by atoms with Crippen LogP contribution in [0, 0.1) is 11.8 Å². The molecule has 2 amide bonds. The molecule has 22 heavy (non-hydrogen) atoms. The molecule has 1 aromatic carbocycles. The second kappa shape index (κ2) is 5.37. The summed E-state index contributed by atoms with van der Waals surface area (Å²) >= 11 is 5.88. The fourth-order valence-corrected chi connectivity index (χ4v) is 3.40. The van der Waals surface area contributed by atoms with Gasteiger partial charge in [-0.3, -0.25) is 24.6 Å². The summed E-state index contributed by atoms with van der Waals surface area (Å²) in [6.07, 6.45) is 0. The third-order valence-corrected chi connectivity index (χ3v) is 4.63. The number of rotatable bonds is 2. The Hall–Kier alpha value is -1.92. The fourth-order valence-electron chi connectivity index (χ4n) is 3.28. The largest absolute Gasteiger partial charge is 0.468 e. The molecule has 2 aliphatic heterocycles. The van der Waals surface area contributed by atoms with Crippen LogP contribution in [0.25, 0.3) is 0 Å². The molecule has 2 aliphatic rings. The summed E-state index contributed by atoms with van der Waals surface area (Å²) in [5, 5.41) is 3.65. The van der Waals surface area contributed by atoms with E-state index >= 15 is 0 Å². The molecule has 1 aromatic rings. The Labute approximate surface area is 132 Å². The van der Waals surface area contributed by atoms with Crippen molar-refractivity contribution in [3.05, 3.63) is 34.9 Å². The van der Waals surface area contributed by atoms with Crippen LogP contribution in [-0.2, 0) is 19.1 Å². The number of ether oxygens (including phenoxy) is 1. The lowest BCUT2D eigenvalue weighted by atomic mass is 9.86. The normalized spacial score (nSPS) is 30.6. The highest BCUT2D eigenvalue weighted by molar-refractivity contribution is 6.30. The summed E-state index contributed by atoms with van der Waals surface area (Å²) in [7, 11) is 2.70. The number of amides is 2. The van der Waals surface area contributed by atoms with Crippen LogP contribution in [0.15, 0.2) is 24.3 Å².